The van der Waals surface area contributed by atoms with Gasteiger partial charge in [0.2, 0.25) is 5.78 Å². The molecule has 2 amide bonds. The summed E-state index contributed by atoms with van der Waals surface area (Å²) in [6, 6.07) is 3.51. The standard InChI is InChI=1S/C32H32N2O13/c1-13-27(39)16(33-12-34-20(37)6-7-21(34)38)8-22(46-13)47-18-10-32(44,19(36)11-35)9-15-24(18)31(43)26-25(29(15)41)28(40)14-4-3-5-17(45-2)23(14)30(26)42/h3-7,13,16,18,22,27,33,35,39,41,43-44H,8-12H2,1-2H3/t13?,16?,18-,22?,27?,32-/m0/s1. The van der Waals surface area contributed by atoms with E-state index in [0.717, 1.165) is 17.1 Å². The number of nitrogens with zero attached hydrogens (tertiary/aromatic N) is 1. The summed E-state index contributed by atoms with van der Waals surface area (Å²) in [5.41, 5.74) is -4.00. The fraction of sp³-hybridized carbons (Fsp3) is 0.406. The highest BCUT2D eigenvalue weighted by Crippen LogP contribution is 2.52. The first-order chi connectivity index (χ1) is 22.3. The summed E-state index contributed by atoms with van der Waals surface area (Å²) in [6.45, 7) is 0.237. The SMILES string of the molecule is COc1cccc2c1C(=O)c1c(O)c3c(c(O)c1C2=O)C[C@@](O)(C(=O)CO)C[C@@H]3OC1CC(NCN2C(=O)C=CC2=O)C(O)C(C)O1. The van der Waals surface area contributed by atoms with E-state index in [-0.39, 0.29) is 41.1 Å². The lowest BCUT2D eigenvalue weighted by atomic mass is 9.72. The number of hydrogen-bond acceptors (Lipinski definition) is 14. The molecule has 2 heterocycles. The second-order valence-electron chi connectivity index (χ2n) is 11.9. The van der Waals surface area contributed by atoms with Crippen LogP contribution in [-0.4, -0.2) is 110 Å². The molecule has 47 heavy (non-hydrogen) atoms. The second-order valence-corrected chi connectivity index (χ2v) is 11.9. The van der Waals surface area contributed by atoms with Crippen LogP contribution in [-0.2, 0) is 30.3 Å². The average molecular weight is 653 g/mol. The number of phenols is 2. The number of ether oxygens (including phenoxy) is 3. The van der Waals surface area contributed by atoms with Crippen molar-refractivity contribution < 1.29 is 63.7 Å². The van der Waals surface area contributed by atoms with Gasteiger partial charge >= 0.3 is 0 Å². The van der Waals surface area contributed by atoms with Gasteiger partial charge in [-0.25, -0.2) is 0 Å². The number of aliphatic hydroxyl groups excluding tert-OH is 2. The Labute approximate surface area is 267 Å². The van der Waals surface area contributed by atoms with Crippen molar-refractivity contribution >= 4 is 29.2 Å². The average Bonchev–Trinajstić information content (AvgIpc) is 3.37. The van der Waals surface area contributed by atoms with Crippen LogP contribution >= 0.6 is 0 Å². The van der Waals surface area contributed by atoms with Gasteiger partial charge in [-0.05, 0) is 13.0 Å². The molecule has 0 saturated carbocycles. The maximum absolute atomic E-state index is 13.8. The lowest BCUT2D eigenvalue weighted by Crippen LogP contribution is -2.56. The van der Waals surface area contributed by atoms with Crippen LogP contribution in [0.15, 0.2) is 30.4 Å². The van der Waals surface area contributed by atoms with Gasteiger partial charge < -0.3 is 39.7 Å². The van der Waals surface area contributed by atoms with Gasteiger partial charge in [-0.2, -0.15) is 0 Å². The van der Waals surface area contributed by atoms with Gasteiger partial charge in [0.1, 0.15) is 29.5 Å². The van der Waals surface area contributed by atoms with Crippen LogP contribution < -0.4 is 10.1 Å². The van der Waals surface area contributed by atoms with Crippen molar-refractivity contribution in [3.8, 4) is 17.2 Å². The van der Waals surface area contributed by atoms with Crippen LogP contribution in [0.1, 0.15) is 68.8 Å². The van der Waals surface area contributed by atoms with Crippen LogP contribution in [0.4, 0.5) is 0 Å². The highest BCUT2D eigenvalue weighted by molar-refractivity contribution is 6.31. The molecule has 4 unspecified atom stereocenters. The fourth-order valence-electron chi connectivity index (χ4n) is 6.71. The molecule has 2 aliphatic heterocycles. The minimum Gasteiger partial charge on any atom is -0.507 e. The van der Waals surface area contributed by atoms with Gasteiger partial charge in [-0.15, -0.1) is 0 Å². The van der Waals surface area contributed by atoms with E-state index in [1.54, 1.807) is 0 Å². The number of benzene rings is 2. The smallest absolute Gasteiger partial charge is 0.254 e. The quantitative estimate of drug-likeness (QED) is 0.133. The Morgan fingerprint density at radius 2 is 1.74 bits per heavy atom. The van der Waals surface area contributed by atoms with E-state index in [1.165, 1.54) is 32.2 Å². The third-order valence-electron chi connectivity index (χ3n) is 9.17. The minimum absolute atomic E-state index is 0.0635. The van der Waals surface area contributed by atoms with Gasteiger partial charge in [0.05, 0.1) is 48.8 Å². The van der Waals surface area contributed by atoms with Crippen LogP contribution in [0.25, 0.3) is 0 Å². The Bertz CT molecular complexity index is 1730. The summed E-state index contributed by atoms with van der Waals surface area (Å²) in [4.78, 5) is 65.2. The highest BCUT2D eigenvalue weighted by atomic mass is 16.7. The number of nitrogens with one attached hydrogen (secondary N) is 1. The Morgan fingerprint density at radius 1 is 1.06 bits per heavy atom. The molecule has 1 fully saturated rings. The maximum atomic E-state index is 13.8. The summed E-state index contributed by atoms with van der Waals surface area (Å²) in [6.07, 6.45) is -3.68. The number of aliphatic hydroxyl groups is 3. The number of methoxy groups -OCH3 is 1. The number of rotatable bonds is 8. The molecule has 2 aromatic carbocycles. The Morgan fingerprint density at radius 3 is 2.40 bits per heavy atom. The van der Waals surface area contributed by atoms with E-state index < -0.39 is 107 Å². The first-order valence-corrected chi connectivity index (χ1v) is 14.8. The molecule has 0 bridgehead atoms. The third-order valence-corrected chi connectivity index (χ3v) is 9.17. The van der Waals surface area contributed by atoms with E-state index >= 15 is 0 Å². The summed E-state index contributed by atoms with van der Waals surface area (Å²) < 4.78 is 17.3. The highest BCUT2D eigenvalue weighted by Gasteiger charge is 2.50. The van der Waals surface area contributed by atoms with E-state index in [9.17, 15) is 49.5 Å². The van der Waals surface area contributed by atoms with E-state index in [1.807, 2.05) is 0 Å². The number of carbonyl (C=O) groups excluding carboxylic acids is 5. The van der Waals surface area contributed by atoms with E-state index in [4.69, 9.17) is 14.2 Å². The van der Waals surface area contributed by atoms with Crippen molar-refractivity contribution in [3.63, 3.8) is 0 Å². The van der Waals surface area contributed by atoms with Crippen molar-refractivity contribution in [3.05, 3.63) is 63.7 Å². The molecule has 6 atom stereocenters. The largest absolute Gasteiger partial charge is 0.507 e. The third kappa shape index (κ3) is 5.21. The summed E-state index contributed by atoms with van der Waals surface area (Å²) in [5.74, 6) is -5.12. The molecule has 15 nitrogen and oxygen atoms in total. The normalized spacial score (nSPS) is 28.3. The molecule has 6 N–H and O–H groups in total. The molecule has 248 valence electrons. The predicted molar refractivity (Wildman–Crippen MR) is 157 cm³/mol. The molecule has 6 rings (SSSR count). The number of hydrogen-bond donors (Lipinski definition) is 6. The second kappa shape index (κ2) is 11.9. The zero-order valence-corrected chi connectivity index (χ0v) is 25.3. The molecule has 2 aliphatic carbocycles. The number of Topliss-reactive ketones (excluding diaryl/α,β-unsaturated/α-hetero) is 1. The molecule has 0 aromatic heterocycles. The number of carbonyl (C=O) groups is 5. The summed E-state index contributed by atoms with van der Waals surface area (Å²) >= 11 is 0. The number of fused-ring (bicyclic) bond motifs is 3. The van der Waals surface area contributed by atoms with Crippen LogP contribution in [0.5, 0.6) is 17.2 Å². The van der Waals surface area contributed by atoms with E-state index in [0.29, 0.717) is 0 Å². The van der Waals surface area contributed by atoms with Gasteiger partial charge in [-0.3, -0.25) is 34.2 Å². The monoisotopic (exact) mass is 652 g/mol. The molecule has 2 aromatic rings. The first kappa shape index (κ1) is 32.4. The summed E-state index contributed by atoms with van der Waals surface area (Å²) in [5, 5.41) is 58.0. The molecule has 4 aliphatic rings. The maximum Gasteiger partial charge on any atom is 0.254 e. The molecule has 0 spiro atoms. The number of phenolic OH excluding ortho intramolecular Hbond substituents is 2. The van der Waals surface area contributed by atoms with Gasteiger partial charge in [-0.1, -0.05) is 12.1 Å². The molecule has 15 heteroatoms. The van der Waals surface area contributed by atoms with E-state index in [2.05, 4.69) is 5.32 Å². The fourth-order valence-corrected chi connectivity index (χ4v) is 6.71. The molecule has 1 saturated heterocycles. The molecule has 0 radical (unpaired) electrons. The van der Waals surface area contributed by atoms with Crippen molar-refractivity contribution in [2.45, 2.75) is 62.4 Å². The number of imide groups is 1. The van der Waals surface area contributed by atoms with Gasteiger partial charge in [0.25, 0.3) is 11.8 Å². The van der Waals surface area contributed by atoms with Gasteiger partial charge in [0, 0.05) is 54.1 Å². The van der Waals surface area contributed by atoms with Crippen molar-refractivity contribution in [2.75, 3.05) is 20.4 Å². The number of amides is 2. The minimum atomic E-state index is -2.33. The first-order valence-electron chi connectivity index (χ1n) is 14.8. The van der Waals surface area contributed by atoms with Crippen LogP contribution in [0.2, 0.25) is 0 Å². The summed E-state index contributed by atoms with van der Waals surface area (Å²) in [7, 11) is 1.30. The van der Waals surface area contributed by atoms with Crippen molar-refractivity contribution in [1.82, 2.24) is 10.2 Å². The number of aromatic hydroxyl groups is 2. The zero-order valence-electron chi connectivity index (χ0n) is 25.3. The van der Waals surface area contributed by atoms with Crippen molar-refractivity contribution in [2.24, 2.45) is 0 Å². The molecular formula is C32H32N2O13. The van der Waals surface area contributed by atoms with Gasteiger partial charge in [0.15, 0.2) is 17.9 Å². The van der Waals surface area contributed by atoms with Crippen LogP contribution in [0.3, 0.4) is 0 Å². The van der Waals surface area contributed by atoms with Crippen molar-refractivity contribution in [1.29, 1.82) is 0 Å². The lowest BCUT2D eigenvalue weighted by molar-refractivity contribution is -0.250. The topological polar surface area (TPSA) is 229 Å². The zero-order chi connectivity index (χ0) is 33.9. The Balaban J connectivity index is 1.39. The Kier molecular flexibility index (Phi) is 8.24. The lowest BCUT2D eigenvalue weighted by Gasteiger charge is -2.43. The predicted octanol–water partition coefficient (Wildman–Crippen LogP) is -0.485. The number of ketones is 3. The van der Waals surface area contributed by atoms with Crippen LogP contribution in [0, 0.1) is 0 Å². The molecular weight excluding hydrogens is 620 g/mol. The Hall–Kier alpha value is -4.51.